The minimum atomic E-state index is -0.887. The van der Waals surface area contributed by atoms with Crippen molar-refractivity contribution in [1.29, 1.82) is 5.26 Å². The van der Waals surface area contributed by atoms with Gasteiger partial charge in [-0.25, -0.2) is 4.79 Å². The maximum absolute atomic E-state index is 13.1. The van der Waals surface area contributed by atoms with Gasteiger partial charge in [0.05, 0.1) is 17.7 Å². The van der Waals surface area contributed by atoms with Crippen LogP contribution in [0.2, 0.25) is 0 Å². The number of nitriles is 1. The molecule has 150 valence electrons. The maximum Gasteiger partial charge on any atom is 0.315 e. The van der Waals surface area contributed by atoms with Gasteiger partial charge < -0.3 is 16.0 Å². The van der Waals surface area contributed by atoms with Gasteiger partial charge in [-0.05, 0) is 43.0 Å². The summed E-state index contributed by atoms with van der Waals surface area (Å²) in [6.45, 7) is 2.31. The highest BCUT2D eigenvalue weighted by atomic mass is 16.2. The molecule has 1 aliphatic rings. The molecule has 0 saturated heterocycles. The van der Waals surface area contributed by atoms with E-state index in [2.05, 4.69) is 22.0 Å². The molecule has 6 nitrogen and oxygen atoms in total. The third-order valence-electron chi connectivity index (χ3n) is 5.43. The van der Waals surface area contributed by atoms with Crippen LogP contribution in [0.4, 0.5) is 4.79 Å². The molecule has 2 aromatic carbocycles. The Morgan fingerprint density at radius 2 is 1.72 bits per heavy atom. The van der Waals surface area contributed by atoms with Gasteiger partial charge in [-0.3, -0.25) is 4.79 Å². The second-order valence-corrected chi connectivity index (χ2v) is 7.51. The third-order valence-corrected chi connectivity index (χ3v) is 5.43. The number of hydrogen-bond donors (Lipinski definition) is 3. The summed E-state index contributed by atoms with van der Waals surface area (Å²) in [4.78, 5) is 25.6. The number of nitrogens with one attached hydrogen (secondary N) is 3. The molecule has 1 aliphatic carbocycles. The van der Waals surface area contributed by atoms with E-state index in [0.717, 1.165) is 24.0 Å². The van der Waals surface area contributed by atoms with Crippen molar-refractivity contribution in [2.24, 2.45) is 0 Å². The zero-order chi connectivity index (χ0) is 20.7. The maximum atomic E-state index is 13.1. The lowest BCUT2D eigenvalue weighted by Crippen LogP contribution is -2.59. The molecule has 3 amide bonds. The molecule has 0 heterocycles. The minimum absolute atomic E-state index is 0.165. The van der Waals surface area contributed by atoms with E-state index in [1.165, 1.54) is 0 Å². The van der Waals surface area contributed by atoms with Crippen molar-refractivity contribution in [2.45, 2.75) is 50.7 Å². The Morgan fingerprint density at radius 3 is 2.34 bits per heavy atom. The average molecular weight is 390 g/mol. The molecule has 6 heteroatoms. The van der Waals surface area contributed by atoms with Crippen LogP contribution in [0.25, 0.3) is 0 Å². The predicted octanol–water partition coefficient (Wildman–Crippen LogP) is 3.55. The van der Waals surface area contributed by atoms with E-state index in [1.807, 2.05) is 49.4 Å². The number of amides is 3. The smallest absolute Gasteiger partial charge is 0.315 e. The van der Waals surface area contributed by atoms with Gasteiger partial charge in [-0.1, -0.05) is 55.3 Å². The lowest BCUT2D eigenvalue weighted by molar-refractivity contribution is -0.127. The van der Waals surface area contributed by atoms with E-state index in [1.54, 1.807) is 12.1 Å². The molecule has 1 saturated carbocycles. The molecule has 1 fully saturated rings. The van der Waals surface area contributed by atoms with E-state index >= 15 is 0 Å². The van der Waals surface area contributed by atoms with Crippen LogP contribution < -0.4 is 16.0 Å². The zero-order valence-electron chi connectivity index (χ0n) is 16.6. The summed E-state index contributed by atoms with van der Waals surface area (Å²) < 4.78 is 0. The Kier molecular flexibility index (Phi) is 6.50. The number of rotatable bonds is 6. The average Bonchev–Trinajstić information content (AvgIpc) is 3.22. The number of carbonyl (C=O) groups excluding carboxylic acids is 2. The quantitative estimate of drug-likeness (QED) is 0.704. The highest BCUT2D eigenvalue weighted by Gasteiger charge is 2.42. The standard InChI is InChI=1S/C23H26N4O2/c1-17(20-11-9-18(15-24)10-12-20)26-21(28)23(13-5-6-14-23)27-22(29)25-16-19-7-3-2-4-8-19/h2-4,7-12,17H,5-6,13-14,16H2,1H3,(H,26,28)(H2,25,27,29). The first-order valence-corrected chi connectivity index (χ1v) is 9.93. The number of carbonyl (C=O) groups is 2. The van der Waals surface area contributed by atoms with Gasteiger partial charge >= 0.3 is 6.03 Å². The molecule has 3 N–H and O–H groups in total. The van der Waals surface area contributed by atoms with Crippen LogP contribution in [0.15, 0.2) is 54.6 Å². The van der Waals surface area contributed by atoms with Crippen molar-refractivity contribution in [3.8, 4) is 6.07 Å². The molecular weight excluding hydrogens is 364 g/mol. The van der Waals surface area contributed by atoms with Crippen molar-refractivity contribution < 1.29 is 9.59 Å². The second-order valence-electron chi connectivity index (χ2n) is 7.51. The summed E-state index contributed by atoms with van der Waals surface area (Å²) in [6.07, 6.45) is 3.05. The van der Waals surface area contributed by atoms with Crippen LogP contribution in [0.3, 0.4) is 0 Å². The summed E-state index contributed by atoms with van der Waals surface area (Å²) >= 11 is 0. The van der Waals surface area contributed by atoms with Gasteiger partial charge in [-0.2, -0.15) is 5.26 Å². The number of hydrogen-bond acceptors (Lipinski definition) is 3. The topological polar surface area (TPSA) is 94.0 Å². The van der Waals surface area contributed by atoms with Crippen molar-refractivity contribution in [3.63, 3.8) is 0 Å². The molecule has 3 rings (SSSR count). The molecule has 29 heavy (non-hydrogen) atoms. The van der Waals surface area contributed by atoms with Gasteiger partial charge in [0.2, 0.25) is 5.91 Å². The van der Waals surface area contributed by atoms with Crippen LogP contribution in [0, 0.1) is 11.3 Å². The lowest BCUT2D eigenvalue weighted by atomic mass is 9.95. The number of benzene rings is 2. The van der Waals surface area contributed by atoms with E-state index in [4.69, 9.17) is 5.26 Å². The van der Waals surface area contributed by atoms with Crippen molar-refractivity contribution in [1.82, 2.24) is 16.0 Å². The molecule has 0 spiro atoms. The van der Waals surface area contributed by atoms with Gasteiger partial charge in [-0.15, -0.1) is 0 Å². The van der Waals surface area contributed by atoms with E-state index in [9.17, 15) is 9.59 Å². The molecule has 0 radical (unpaired) electrons. The van der Waals surface area contributed by atoms with E-state index < -0.39 is 5.54 Å². The largest absolute Gasteiger partial charge is 0.348 e. The van der Waals surface area contributed by atoms with E-state index in [-0.39, 0.29) is 18.0 Å². The third kappa shape index (κ3) is 5.14. The molecular formula is C23H26N4O2. The Morgan fingerprint density at radius 1 is 1.07 bits per heavy atom. The molecule has 0 aliphatic heterocycles. The summed E-state index contributed by atoms with van der Waals surface area (Å²) in [7, 11) is 0. The van der Waals surface area contributed by atoms with Crippen LogP contribution in [0.1, 0.15) is 55.3 Å². The molecule has 0 bridgehead atoms. The molecule has 2 aromatic rings. The molecule has 1 unspecified atom stereocenters. The number of urea groups is 1. The fourth-order valence-corrected chi connectivity index (χ4v) is 3.69. The predicted molar refractivity (Wildman–Crippen MR) is 111 cm³/mol. The van der Waals surface area contributed by atoms with Gasteiger partial charge in [0.15, 0.2) is 0 Å². The highest BCUT2D eigenvalue weighted by molar-refractivity contribution is 5.91. The Hall–Kier alpha value is -3.33. The highest BCUT2D eigenvalue weighted by Crippen LogP contribution is 2.30. The fourth-order valence-electron chi connectivity index (χ4n) is 3.69. The Labute approximate surface area is 171 Å². The van der Waals surface area contributed by atoms with Crippen LogP contribution in [0.5, 0.6) is 0 Å². The van der Waals surface area contributed by atoms with Crippen LogP contribution >= 0.6 is 0 Å². The summed E-state index contributed by atoms with van der Waals surface area (Å²) in [5, 5.41) is 17.7. The Bertz CT molecular complexity index is 881. The first-order chi connectivity index (χ1) is 14.0. The molecule has 1 atom stereocenters. The van der Waals surface area contributed by atoms with Crippen LogP contribution in [-0.2, 0) is 11.3 Å². The zero-order valence-corrected chi connectivity index (χ0v) is 16.6. The Balaban J connectivity index is 1.61. The fraction of sp³-hybridized carbons (Fsp3) is 0.348. The van der Waals surface area contributed by atoms with Gasteiger partial charge in [0.25, 0.3) is 0 Å². The van der Waals surface area contributed by atoms with Crippen molar-refractivity contribution in [2.75, 3.05) is 0 Å². The van der Waals surface area contributed by atoms with Gasteiger partial charge in [0.1, 0.15) is 5.54 Å². The van der Waals surface area contributed by atoms with Gasteiger partial charge in [0, 0.05) is 6.54 Å². The second kappa shape index (κ2) is 9.24. The summed E-state index contributed by atoms with van der Waals surface area (Å²) in [5.74, 6) is -0.165. The van der Waals surface area contributed by atoms with Crippen LogP contribution in [-0.4, -0.2) is 17.5 Å². The van der Waals surface area contributed by atoms with E-state index in [0.29, 0.717) is 24.9 Å². The number of nitrogens with zero attached hydrogens (tertiary/aromatic N) is 1. The van der Waals surface area contributed by atoms with Crippen molar-refractivity contribution >= 4 is 11.9 Å². The normalized spacial score (nSPS) is 15.7. The SMILES string of the molecule is CC(NC(=O)C1(NC(=O)NCc2ccccc2)CCCC1)c1ccc(C#N)cc1. The lowest BCUT2D eigenvalue weighted by Gasteiger charge is -2.30. The monoisotopic (exact) mass is 390 g/mol. The first kappa shape index (κ1) is 20.4. The summed E-state index contributed by atoms with van der Waals surface area (Å²) in [5.41, 5.74) is 1.61. The minimum Gasteiger partial charge on any atom is -0.348 e. The van der Waals surface area contributed by atoms with Crippen molar-refractivity contribution in [3.05, 3.63) is 71.3 Å². The first-order valence-electron chi connectivity index (χ1n) is 9.93. The summed E-state index contributed by atoms with van der Waals surface area (Å²) in [6, 6.07) is 18.3. The molecule has 0 aromatic heterocycles.